The number of sulfonamides is 1. The smallest absolute Gasteiger partial charge is 0.264 e. The van der Waals surface area contributed by atoms with E-state index >= 15 is 0 Å². The molecule has 2 atom stereocenters. The van der Waals surface area contributed by atoms with Crippen molar-refractivity contribution in [3.63, 3.8) is 0 Å². The lowest BCUT2D eigenvalue weighted by Gasteiger charge is -2.32. The van der Waals surface area contributed by atoms with E-state index in [9.17, 15) is 18.0 Å². The Morgan fingerprint density at radius 1 is 0.900 bits per heavy atom. The van der Waals surface area contributed by atoms with Crippen LogP contribution in [0, 0.1) is 13.8 Å². The molecule has 0 heterocycles. The Morgan fingerprint density at radius 3 is 2.05 bits per heavy atom. The van der Waals surface area contributed by atoms with Crippen LogP contribution < -0.4 is 9.62 Å². The summed E-state index contributed by atoms with van der Waals surface area (Å²) in [5.74, 6) is -0.900. The Labute approximate surface area is 247 Å². The Kier molecular flexibility index (Phi) is 10.6. The third kappa shape index (κ3) is 7.56. The number of carbonyl (C=O) groups is 2. The van der Waals surface area contributed by atoms with Crippen LogP contribution in [0.5, 0.6) is 0 Å². The third-order valence-electron chi connectivity index (χ3n) is 6.73. The largest absolute Gasteiger partial charge is 0.352 e. The number of carbonyl (C=O) groups excluding carboxylic acids is 2. The topological polar surface area (TPSA) is 86.8 Å². The zero-order chi connectivity index (χ0) is 29.6. The summed E-state index contributed by atoms with van der Waals surface area (Å²) in [6.07, 6.45) is 0.722. The highest BCUT2D eigenvalue weighted by molar-refractivity contribution is 7.92. The molecule has 214 valence electrons. The molecule has 0 saturated carbocycles. The molecule has 0 fully saturated rings. The number of hydrogen-bond donors (Lipinski definition) is 1. The number of hydrogen-bond acceptors (Lipinski definition) is 4. The van der Waals surface area contributed by atoms with Gasteiger partial charge < -0.3 is 10.2 Å². The van der Waals surface area contributed by atoms with Crippen molar-refractivity contribution in [3.8, 4) is 0 Å². The minimum atomic E-state index is -4.24. The first-order chi connectivity index (χ1) is 18.8. The summed E-state index contributed by atoms with van der Waals surface area (Å²) in [5, 5.41) is 3.07. The molecule has 0 spiro atoms. The van der Waals surface area contributed by atoms with E-state index in [0.717, 1.165) is 27.4 Å². The fourth-order valence-electron chi connectivity index (χ4n) is 3.97. The molecule has 3 aromatic rings. The van der Waals surface area contributed by atoms with Gasteiger partial charge in [-0.05, 0) is 63.9 Å². The van der Waals surface area contributed by atoms with E-state index in [1.165, 1.54) is 29.2 Å². The van der Waals surface area contributed by atoms with Crippen LogP contribution in [0.15, 0.2) is 71.6 Å². The van der Waals surface area contributed by atoms with Crippen molar-refractivity contribution in [3.05, 3.63) is 93.5 Å². The number of nitrogens with one attached hydrogen (secondary N) is 1. The van der Waals surface area contributed by atoms with E-state index < -0.39 is 28.5 Å². The predicted octanol–water partition coefficient (Wildman–Crippen LogP) is 6.14. The quantitative estimate of drug-likeness (QED) is 0.285. The van der Waals surface area contributed by atoms with Crippen molar-refractivity contribution in [2.75, 3.05) is 10.8 Å². The van der Waals surface area contributed by atoms with Crippen LogP contribution in [0.2, 0.25) is 10.0 Å². The molecule has 7 nitrogen and oxygen atoms in total. The van der Waals surface area contributed by atoms with Gasteiger partial charge >= 0.3 is 0 Å². The summed E-state index contributed by atoms with van der Waals surface area (Å²) in [5.41, 5.74) is 2.80. The second-order valence-corrected chi connectivity index (χ2v) is 12.5. The van der Waals surface area contributed by atoms with Crippen LogP contribution in [-0.4, -0.2) is 43.8 Å². The maximum atomic E-state index is 14.0. The molecule has 0 aliphatic heterocycles. The van der Waals surface area contributed by atoms with Gasteiger partial charge in [0.05, 0.1) is 20.6 Å². The first-order valence-electron chi connectivity index (χ1n) is 13.0. The molecule has 3 aromatic carbocycles. The van der Waals surface area contributed by atoms with Gasteiger partial charge in [0.25, 0.3) is 10.0 Å². The van der Waals surface area contributed by atoms with E-state index in [4.69, 9.17) is 23.2 Å². The highest BCUT2D eigenvalue weighted by Crippen LogP contribution is 2.35. The molecule has 0 radical (unpaired) electrons. The number of nitrogens with zero attached hydrogens (tertiary/aromatic N) is 2. The van der Waals surface area contributed by atoms with Crippen molar-refractivity contribution in [1.29, 1.82) is 0 Å². The normalized spacial score (nSPS) is 12.9. The van der Waals surface area contributed by atoms with Crippen molar-refractivity contribution in [2.45, 2.75) is 64.6 Å². The fourth-order valence-corrected chi connectivity index (χ4v) is 5.85. The number of aryl methyl sites for hydroxylation is 2. The van der Waals surface area contributed by atoms with Gasteiger partial charge in [-0.2, -0.15) is 0 Å². The molecule has 10 heteroatoms. The molecule has 0 bridgehead atoms. The van der Waals surface area contributed by atoms with E-state index in [0.29, 0.717) is 0 Å². The van der Waals surface area contributed by atoms with Gasteiger partial charge in [-0.25, -0.2) is 8.42 Å². The molecule has 0 aromatic heterocycles. The van der Waals surface area contributed by atoms with Crippen molar-refractivity contribution >= 4 is 50.7 Å². The van der Waals surface area contributed by atoms with Gasteiger partial charge in [-0.1, -0.05) is 83.7 Å². The number of anilines is 1. The number of rotatable bonds is 11. The lowest BCUT2D eigenvalue weighted by atomic mass is 10.1. The van der Waals surface area contributed by atoms with Crippen molar-refractivity contribution < 1.29 is 18.0 Å². The Hall–Kier alpha value is -3.07. The van der Waals surface area contributed by atoms with Crippen LogP contribution in [0.25, 0.3) is 0 Å². The van der Waals surface area contributed by atoms with Crippen LogP contribution in [0.3, 0.4) is 0 Å². The second kappa shape index (κ2) is 13.5. The molecule has 0 unspecified atom stereocenters. The van der Waals surface area contributed by atoms with E-state index in [2.05, 4.69) is 5.32 Å². The van der Waals surface area contributed by atoms with Gasteiger partial charge in [-0.3, -0.25) is 13.9 Å². The second-order valence-electron chi connectivity index (χ2n) is 9.90. The van der Waals surface area contributed by atoms with E-state index in [1.54, 1.807) is 25.1 Å². The van der Waals surface area contributed by atoms with Gasteiger partial charge in [-0.15, -0.1) is 0 Å². The van der Waals surface area contributed by atoms with Crippen LogP contribution in [-0.2, 0) is 26.2 Å². The fraction of sp³-hybridized carbons (Fsp3) is 0.333. The molecule has 0 aliphatic carbocycles. The lowest BCUT2D eigenvalue weighted by molar-refractivity contribution is -0.139. The first kappa shape index (κ1) is 31.5. The van der Waals surface area contributed by atoms with Crippen LogP contribution in [0.1, 0.15) is 43.9 Å². The monoisotopic (exact) mass is 603 g/mol. The average Bonchev–Trinajstić information content (AvgIpc) is 2.92. The summed E-state index contributed by atoms with van der Waals surface area (Å²) in [4.78, 5) is 28.5. The molecule has 0 saturated heterocycles. The zero-order valence-corrected chi connectivity index (χ0v) is 25.6. The Morgan fingerprint density at radius 2 is 1.48 bits per heavy atom. The van der Waals surface area contributed by atoms with Crippen molar-refractivity contribution in [2.24, 2.45) is 0 Å². The summed E-state index contributed by atoms with van der Waals surface area (Å²) < 4.78 is 28.8. The standard InChI is InChI=1S/C30H35Cl2N3O4S/c1-6-22(4)33-30(37)23(5)34(18-24-14-10-20(2)11-15-24)28(36)19-35(27-9-7-8-26(31)29(27)32)40(38,39)25-16-12-21(3)13-17-25/h7-17,22-23H,6,18-19H2,1-5H3,(H,33,37)/t22-,23+/m1/s1. The zero-order valence-electron chi connectivity index (χ0n) is 23.3. The summed E-state index contributed by atoms with van der Waals surface area (Å²) >= 11 is 12.7. The Balaban J connectivity index is 2.06. The molecule has 3 rings (SSSR count). The number of amides is 2. The highest BCUT2D eigenvalue weighted by Gasteiger charge is 2.34. The maximum absolute atomic E-state index is 14.0. The molecule has 0 aliphatic rings. The minimum Gasteiger partial charge on any atom is -0.352 e. The van der Waals surface area contributed by atoms with Crippen LogP contribution in [0.4, 0.5) is 5.69 Å². The van der Waals surface area contributed by atoms with Gasteiger partial charge in [0.2, 0.25) is 11.8 Å². The SMILES string of the molecule is CC[C@@H](C)NC(=O)[C@H](C)N(Cc1ccc(C)cc1)C(=O)CN(c1cccc(Cl)c1Cl)S(=O)(=O)c1ccc(C)cc1. The minimum absolute atomic E-state index is 0.000278. The summed E-state index contributed by atoms with van der Waals surface area (Å²) in [7, 11) is -4.24. The van der Waals surface area contributed by atoms with Crippen LogP contribution >= 0.6 is 23.2 Å². The molecular formula is C30H35Cl2N3O4S. The van der Waals surface area contributed by atoms with E-state index in [1.807, 2.05) is 52.0 Å². The summed E-state index contributed by atoms with van der Waals surface area (Å²) in [6, 6.07) is 17.5. The first-order valence-corrected chi connectivity index (χ1v) is 15.2. The predicted molar refractivity (Wildman–Crippen MR) is 161 cm³/mol. The highest BCUT2D eigenvalue weighted by atomic mass is 35.5. The van der Waals surface area contributed by atoms with Gasteiger partial charge in [0.1, 0.15) is 12.6 Å². The number of benzene rings is 3. The maximum Gasteiger partial charge on any atom is 0.264 e. The molecule has 2 amide bonds. The lowest BCUT2D eigenvalue weighted by Crippen LogP contribution is -2.52. The Bertz CT molecular complexity index is 1440. The van der Waals surface area contributed by atoms with E-state index in [-0.39, 0.29) is 39.1 Å². The van der Waals surface area contributed by atoms with Gasteiger partial charge in [0, 0.05) is 12.6 Å². The summed E-state index contributed by atoms with van der Waals surface area (Å²) in [6.45, 7) is 8.78. The molecule has 1 N–H and O–H groups in total. The number of halogens is 2. The average molecular weight is 605 g/mol. The molecule has 40 heavy (non-hydrogen) atoms. The van der Waals surface area contributed by atoms with Crippen molar-refractivity contribution in [1.82, 2.24) is 10.2 Å². The van der Waals surface area contributed by atoms with Gasteiger partial charge in [0.15, 0.2) is 0 Å². The third-order valence-corrected chi connectivity index (χ3v) is 9.31. The molecular weight excluding hydrogens is 569 g/mol.